The Hall–Kier alpha value is -0.810. The predicted molar refractivity (Wildman–Crippen MR) is 74.3 cm³/mol. The van der Waals surface area contributed by atoms with Crippen molar-refractivity contribution in [3.8, 4) is 5.75 Å². The number of nitrogens with zero attached hydrogens (tertiary/aromatic N) is 1. The molecule has 100 valence electrons. The third kappa shape index (κ3) is 3.59. The highest BCUT2D eigenvalue weighted by Crippen LogP contribution is 2.28. The van der Waals surface area contributed by atoms with Crippen molar-refractivity contribution in [1.29, 1.82) is 0 Å². The number of hydrogen-bond donors (Lipinski definition) is 1. The van der Waals surface area contributed by atoms with E-state index in [0.29, 0.717) is 22.5 Å². The summed E-state index contributed by atoms with van der Waals surface area (Å²) in [7, 11) is 0. The molecule has 3 nitrogen and oxygen atoms in total. The van der Waals surface area contributed by atoms with E-state index in [1.54, 1.807) is 0 Å². The van der Waals surface area contributed by atoms with Gasteiger partial charge in [-0.1, -0.05) is 6.42 Å². The minimum absolute atomic E-state index is 0.350. The lowest BCUT2D eigenvalue weighted by molar-refractivity contribution is 0.183. The summed E-state index contributed by atoms with van der Waals surface area (Å²) in [5.74, 6) is 0.0740. The number of anilines is 1. The van der Waals surface area contributed by atoms with Crippen LogP contribution in [0, 0.1) is 5.82 Å². The maximum absolute atomic E-state index is 13.3. The lowest BCUT2D eigenvalue weighted by Crippen LogP contribution is -2.33. The highest BCUT2D eigenvalue weighted by molar-refractivity contribution is 9.10. The zero-order valence-electron chi connectivity index (χ0n) is 10.3. The van der Waals surface area contributed by atoms with Crippen molar-refractivity contribution in [2.75, 3.05) is 32.0 Å². The molecule has 5 heteroatoms. The van der Waals surface area contributed by atoms with E-state index < -0.39 is 0 Å². The molecule has 0 spiro atoms. The van der Waals surface area contributed by atoms with Crippen molar-refractivity contribution in [3.05, 3.63) is 22.4 Å². The zero-order valence-corrected chi connectivity index (χ0v) is 11.9. The molecule has 0 saturated carbocycles. The second-order valence-corrected chi connectivity index (χ2v) is 5.41. The Morgan fingerprint density at radius 1 is 1.28 bits per heavy atom. The Morgan fingerprint density at radius 3 is 2.72 bits per heavy atom. The number of rotatable bonds is 4. The average Bonchev–Trinajstić information content (AvgIpc) is 2.37. The third-order valence-electron chi connectivity index (χ3n) is 3.17. The van der Waals surface area contributed by atoms with Gasteiger partial charge in [0.25, 0.3) is 0 Å². The van der Waals surface area contributed by atoms with Crippen molar-refractivity contribution in [1.82, 2.24) is 4.90 Å². The van der Waals surface area contributed by atoms with Gasteiger partial charge in [-0.15, -0.1) is 0 Å². The molecule has 2 rings (SSSR count). The Labute approximate surface area is 115 Å². The highest BCUT2D eigenvalue weighted by Gasteiger charge is 2.11. The zero-order chi connectivity index (χ0) is 13.0. The minimum Gasteiger partial charge on any atom is -0.490 e. The summed E-state index contributed by atoms with van der Waals surface area (Å²) in [6, 6.07) is 2.86. The van der Waals surface area contributed by atoms with Crippen LogP contribution in [0.4, 0.5) is 10.1 Å². The third-order valence-corrected chi connectivity index (χ3v) is 3.77. The molecule has 0 aliphatic carbocycles. The van der Waals surface area contributed by atoms with Crippen molar-refractivity contribution in [2.45, 2.75) is 19.3 Å². The molecule has 1 aromatic carbocycles. The molecule has 1 aromatic rings. The number of ether oxygens (including phenoxy) is 1. The summed E-state index contributed by atoms with van der Waals surface area (Å²) in [6.07, 6.45) is 3.84. The fourth-order valence-corrected chi connectivity index (χ4v) is 2.50. The van der Waals surface area contributed by atoms with E-state index in [9.17, 15) is 4.39 Å². The largest absolute Gasteiger partial charge is 0.490 e. The first-order chi connectivity index (χ1) is 8.66. The average molecular weight is 317 g/mol. The van der Waals surface area contributed by atoms with Crippen LogP contribution in [0.2, 0.25) is 0 Å². The van der Waals surface area contributed by atoms with Gasteiger partial charge in [0.2, 0.25) is 0 Å². The van der Waals surface area contributed by atoms with Gasteiger partial charge in [0.1, 0.15) is 18.2 Å². The van der Waals surface area contributed by atoms with Crippen LogP contribution in [-0.4, -0.2) is 31.1 Å². The number of benzene rings is 1. The highest BCUT2D eigenvalue weighted by atomic mass is 79.9. The maximum atomic E-state index is 13.3. The molecule has 0 bridgehead atoms. The van der Waals surface area contributed by atoms with Crippen molar-refractivity contribution >= 4 is 21.6 Å². The SMILES string of the molecule is Nc1cc(Br)c(F)cc1OCCN1CCCCC1. The normalized spacial score (nSPS) is 16.8. The molecule has 0 amide bonds. The maximum Gasteiger partial charge on any atom is 0.145 e. The standard InChI is InChI=1S/C13H18BrFN2O/c14-10-8-12(16)13(9-11(10)15)18-7-6-17-4-2-1-3-5-17/h8-9H,1-7,16H2. The van der Waals surface area contributed by atoms with E-state index in [1.807, 2.05) is 0 Å². The van der Waals surface area contributed by atoms with Crippen LogP contribution in [0.15, 0.2) is 16.6 Å². The van der Waals surface area contributed by atoms with Crippen molar-refractivity contribution in [2.24, 2.45) is 0 Å². The number of nitrogen functional groups attached to an aromatic ring is 1. The van der Waals surface area contributed by atoms with E-state index in [0.717, 1.165) is 19.6 Å². The summed E-state index contributed by atoms with van der Waals surface area (Å²) in [4.78, 5) is 2.37. The summed E-state index contributed by atoms with van der Waals surface area (Å²) in [6.45, 7) is 3.68. The van der Waals surface area contributed by atoms with Gasteiger partial charge in [0.05, 0.1) is 10.2 Å². The van der Waals surface area contributed by atoms with Crippen LogP contribution in [0.25, 0.3) is 0 Å². The van der Waals surface area contributed by atoms with Crippen LogP contribution in [-0.2, 0) is 0 Å². The molecular formula is C13H18BrFN2O. The van der Waals surface area contributed by atoms with Crippen LogP contribution in [0.3, 0.4) is 0 Å². The molecule has 1 saturated heterocycles. The van der Waals surface area contributed by atoms with E-state index in [1.165, 1.54) is 31.4 Å². The van der Waals surface area contributed by atoms with Crippen molar-refractivity contribution in [3.63, 3.8) is 0 Å². The van der Waals surface area contributed by atoms with Gasteiger partial charge in [-0.25, -0.2) is 4.39 Å². The smallest absolute Gasteiger partial charge is 0.145 e. The number of nitrogens with two attached hydrogens (primary N) is 1. The van der Waals surface area contributed by atoms with Gasteiger partial charge in [-0.05, 0) is 47.9 Å². The van der Waals surface area contributed by atoms with E-state index in [-0.39, 0.29) is 5.82 Å². The van der Waals surface area contributed by atoms with Gasteiger partial charge in [0, 0.05) is 12.6 Å². The quantitative estimate of drug-likeness (QED) is 0.868. The molecule has 1 aliphatic rings. The first kappa shape index (κ1) is 13.6. The lowest BCUT2D eigenvalue weighted by atomic mass is 10.1. The van der Waals surface area contributed by atoms with Crippen LogP contribution in [0.5, 0.6) is 5.75 Å². The molecule has 1 fully saturated rings. The lowest BCUT2D eigenvalue weighted by Gasteiger charge is -2.26. The van der Waals surface area contributed by atoms with Gasteiger partial charge in [-0.3, -0.25) is 4.90 Å². The molecule has 0 aromatic heterocycles. The molecule has 1 aliphatic heterocycles. The van der Waals surface area contributed by atoms with Crippen LogP contribution < -0.4 is 10.5 Å². The Kier molecular flexibility index (Phi) is 4.83. The summed E-state index contributed by atoms with van der Waals surface area (Å²) in [5.41, 5.74) is 6.23. The number of hydrogen-bond acceptors (Lipinski definition) is 3. The molecule has 0 atom stereocenters. The number of piperidine rings is 1. The second kappa shape index (κ2) is 6.38. The molecule has 0 radical (unpaired) electrons. The van der Waals surface area contributed by atoms with Gasteiger partial charge >= 0.3 is 0 Å². The van der Waals surface area contributed by atoms with Gasteiger partial charge in [0.15, 0.2) is 0 Å². The summed E-state index contributed by atoms with van der Waals surface area (Å²) >= 11 is 3.09. The predicted octanol–water partition coefficient (Wildman–Crippen LogP) is 3.04. The summed E-state index contributed by atoms with van der Waals surface area (Å²) in [5, 5.41) is 0. The second-order valence-electron chi connectivity index (χ2n) is 4.55. The Balaban J connectivity index is 1.84. The molecule has 2 N–H and O–H groups in total. The van der Waals surface area contributed by atoms with Crippen LogP contribution >= 0.6 is 15.9 Å². The van der Waals surface area contributed by atoms with Crippen molar-refractivity contribution < 1.29 is 9.13 Å². The van der Waals surface area contributed by atoms with Crippen LogP contribution in [0.1, 0.15) is 19.3 Å². The minimum atomic E-state index is -0.350. The number of likely N-dealkylation sites (tertiary alicyclic amines) is 1. The van der Waals surface area contributed by atoms with Gasteiger partial charge < -0.3 is 10.5 Å². The molecule has 18 heavy (non-hydrogen) atoms. The van der Waals surface area contributed by atoms with E-state index in [2.05, 4.69) is 20.8 Å². The first-order valence-corrected chi connectivity index (χ1v) is 7.06. The monoisotopic (exact) mass is 316 g/mol. The fourth-order valence-electron chi connectivity index (χ4n) is 2.14. The van der Waals surface area contributed by atoms with Gasteiger partial charge in [-0.2, -0.15) is 0 Å². The molecule has 1 heterocycles. The Bertz CT molecular complexity index is 408. The Morgan fingerprint density at radius 2 is 2.00 bits per heavy atom. The molecular weight excluding hydrogens is 299 g/mol. The van der Waals surface area contributed by atoms with E-state index >= 15 is 0 Å². The number of halogens is 2. The first-order valence-electron chi connectivity index (χ1n) is 6.26. The van der Waals surface area contributed by atoms with E-state index in [4.69, 9.17) is 10.5 Å². The summed E-state index contributed by atoms with van der Waals surface area (Å²) < 4.78 is 19.3. The fraction of sp³-hybridized carbons (Fsp3) is 0.538. The topological polar surface area (TPSA) is 38.5 Å². The molecule has 0 unspecified atom stereocenters.